The molecule has 2 aliphatic heterocycles. The van der Waals surface area contributed by atoms with Crippen LogP contribution in [0.1, 0.15) is 109 Å². The molecule has 4 fully saturated rings. The molecule has 2 aromatic carbocycles. The first-order valence-corrected chi connectivity index (χ1v) is 27.6. The van der Waals surface area contributed by atoms with Gasteiger partial charge in [0.05, 0.1) is 5.69 Å². The van der Waals surface area contributed by atoms with Crippen molar-refractivity contribution in [3.8, 4) is 11.3 Å². The highest BCUT2D eigenvalue weighted by Crippen LogP contribution is 2.38. The van der Waals surface area contributed by atoms with E-state index < -0.39 is 60.9 Å². The number of amides is 4. The van der Waals surface area contributed by atoms with Crippen LogP contribution in [-0.4, -0.2) is 131 Å². The molecule has 4 aliphatic rings. The Balaban J connectivity index is 0.000000260. The van der Waals surface area contributed by atoms with Crippen LogP contribution in [-0.2, 0) is 9.47 Å². The fraction of sp³-hybridized carbons (Fsp3) is 0.600. The van der Waals surface area contributed by atoms with Gasteiger partial charge in [-0.1, -0.05) is 23.7 Å². The zero-order chi connectivity index (χ0) is 61.0. The second-order valence-corrected chi connectivity index (χ2v) is 20.8. The van der Waals surface area contributed by atoms with Crippen LogP contribution in [0, 0.1) is 32.6 Å². The minimum absolute atomic E-state index is 0.0276. The second-order valence-electron chi connectivity index (χ2n) is 20.4. The summed E-state index contributed by atoms with van der Waals surface area (Å²) in [5, 5.41) is 11.6. The maximum absolute atomic E-state index is 13.5. The molecule has 82 heavy (non-hydrogen) atoms. The molecule has 2 aromatic heterocycles. The van der Waals surface area contributed by atoms with Gasteiger partial charge >= 0.3 is 24.4 Å². The number of benzene rings is 2. The van der Waals surface area contributed by atoms with Gasteiger partial charge in [0.2, 0.25) is 23.7 Å². The molecule has 0 bridgehead atoms. The predicted octanol–water partition coefficient (Wildman–Crippen LogP) is 13.9. The van der Waals surface area contributed by atoms with E-state index in [0.717, 1.165) is 43.1 Å². The molecule has 2 aliphatic carbocycles. The van der Waals surface area contributed by atoms with Crippen molar-refractivity contribution in [2.24, 2.45) is 11.8 Å². The summed E-state index contributed by atoms with van der Waals surface area (Å²) in [7, 11) is 0. The number of likely N-dealkylation sites (tertiary alicyclic amines) is 2. The monoisotopic (exact) mass is 1190 g/mol. The maximum atomic E-state index is 13.5. The Kier molecular flexibility index (Phi) is 26.3. The lowest BCUT2D eigenvalue weighted by molar-refractivity contribution is -0.144. The van der Waals surface area contributed by atoms with Crippen LogP contribution in [0.15, 0.2) is 48.5 Å². The van der Waals surface area contributed by atoms with Crippen molar-refractivity contribution in [2.75, 3.05) is 85.3 Å². The molecule has 4 heterocycles. The van der Waals surface area contributed by atoms with Crippen molar-refractivity contribution in [2.45, 2.75) is 149 Å². The summed E-state index contributed by atoms with van der Waals surface area (Å²) in [4.78, 5) is 43.4. The number of nitrogen functional groups attached to an aromatic ring is 2. The number of alkyl halides is 10. The number of rotatable bonds is 13. The van der Waals surface area contributed by atoms with Crippen LogP contribution >= 0.6 is 11.6 Å². The third kappa shape index (κ3) is 24.7. The Morgan fingerprint density at radius 3 is 1.43 bits per heavy atom. The first-order chi connectivity index (χ1) is 38.4. The van der Waals surface area contributed by atoms with Crippen LogP contribution in [0.3, 0.4) is 0 Å². The molecule has 4 atom stereocenters. The van der Waals surface area contributed by atoms with E-state index in [9.17, 15) is 53.5 Å². The van der Waals surface area contributed by atoms with Crippen molar-refractivity contribution < 1.29 is 63.0 Å². The number of hydrogen-bond donors (Lipinski definition) is 6. The molecule has 16 nitrogen and oxygen atoms in total. The number of ether oxygens (including phenoxy) is 2. The molecule has 8 rings (SSSR count). The van der Waals surface area contributed by atoms with Gasteiger partial charge in [0.15, 0.2) is 0 Å². The van der Waals surface area contributed by atoms with E-state index in [1.54, 1.807) is 30.3 Å². The van der Waals surface area contributed by atoms with Crippen LogP contribution in [0.5, 0.6) is 0 Å². The number of nitrogens with two attached hydrogens (primary N) is 2. The number of carbonyl (C=O) groups is 2. The molecule has 4 aromatic rings. The number of nitrogens with one attached hydrogen (secondary N) is 4. The normalized spacial score (nSPS) is 19.7. The molecule has 2 saturated carbocycles. The first kappa shape index (κ1) is 68.3. The Labute approximate surface area is 477 Å². The van der Waals surface area contributed by atoms with Gasteiger partial charge in [-0.25, -0.2) is 37.1 Å². The lowest BCUT2D eigenvalue weighted by Gasteiger charge is -2.19. The molecule has 8 N–H and O–H groups in total. The molecule has 458 valence electrons. The molecule has 0 radical (unpaired) electrons. The smallest absolute Gasteiger partial charge is 0.382 e. The van der Waals surface area contributed by atoms with Gasteiger partial charge in [0, 0.05) is 132 Å². The third-order valence-corrected chi connectivity index (χ3v) is 13.7. The van der Waals surface area contributed by atoms with Crippen LogP contribution < -0.4 is 32.7 Å². The van der Waals surface area contributed by atoms with E-state index >= 15 is 0 Å². The lowest BCUT2D eigenvalue weighted by Crippen LogP contribution is -2.33. The van der Waals surface area contributed by atoms with Gasteiger partial charge < -0.3 is 52.0 Å². The number of anilines is 6. The van der Waals surface area contributed by atoms with Crippen LogP contribution in [0.4, 0.5) is 88.4 Å². The van der Waals surface area contributed by atoms with E-state index in [4.69, 9.17) is 32.5 Å². The number of aromatic nitrogens is 4. The molecule has 0 spiro atoms. The summed E-state index contributed by atoms with van der Waals surface area (Å²) in [5.74, 6) is -5.67. The Bertz CT molecular complexity index is 2630. The van der Waals surface area contributed by atoms with Crippen LogP contribution in [0.25, 0.3) is 11.3 Å². The number of nitrogens with zero attached hydrogens (tertiary/aromatic N) is 6. The van der Waals surface area contributed by atoms with E-state index in [-0.39, 0.29) is 74.4 Å². The average Bonchev–Trinajstić information content (AvgIpc) is 4.32. The highest BCUT2D eigenvalue weighted by atomic mass is 35.5. The summed E-state index contributed by atoms with van der Waals surface area (Å²) in [5.41, 5.74) is 16.5. The van der Waals surface area contributed by atoms with Crippen molar-refractivity contribution >= 4 is 58.6 Å². The summed E-state index contributed by atoms with van der Waals surface area (Å²) in [6, 6.07) is 12.2. The van der Waals surface area contributed by atoms with E-state index in [2.05, 4.69) is 41.2 Å². The number of aryl methyl sites for hydroxylation is 3. The molecular formula is C55H77ClF10N12O4. The lowest BCUT2D eigenvalue weighted by atomic mass is 10.0. The van der Waals surface area contributed by atoms with Gasteiger partial charge in [0.1, 0.15) is 16.8 Å². The zero-order valence-electron chi connectivity index (χ0n) is 47.3. The Morgan fingerprint density at radius 2 is 1.04 bits per heavy atom. The van der Waals surface area contributed by atoms with Gasteiger partial charge in [-0.05, 0) is 127 Å². The van der Waals surface area contributed by atoms with E-state index in [0.29, 0.717) is 66.5 Å². The second kappa shape index (κ2) is 31.5. The third-order valence-electron chi connectivity index (χ3n) is 13.5. The van der Waals surface area contributed by atoms with Crippen molar-refractivity contribution in [3.05, 3.63) is 70.4 Å². The fourth-order valence-corrected chi connectivity index (χ4v) is 9.57. The highest BCUT2D eigenvalue weighted by Gasteiger charge is 2.41. The van der Waals surface area contributed by atoms with Gasteiger partial charge in [-0.2, -0.15) is 36.3 Å². The quantitative estimate of drug-likeness (QED) is 0.0545. The Morgan fingerprint density at radius 1 is 0.610 bits per heavy atom. The SMILES string of the molecule is CCOCC.CCOCC.Cc1ccc(NC(=O)N2CC[C@@H](CC(F)(F)F)C2)cc1-c1cc(NC2CCC(F)(F)C2)nc(N)n1.Cc1ccc(NC(=O)N2CC[C@@H](CC(F)(F)F)C2)cc1C.Nc1nc(Cl)cc(NC2CCC(F)(F)C2)n1. The average molecular weight is 1200 g/mol. The first-order valence-electron chi connectivity index (χ1n) is 27.2. The molecule has 2 unspecified atom stereocenters. The molecule has 4 amide bonds. The highest BCUT2D eigenvalue weighted by molar-refractivity contribution is 6.29. The summed E-state index contributed by atoms with van der Waals surface area (Å²) >= 11 is 5.67. The fourth-order valence-electron chi connectivity index (χ4n) is 9.38. The standard InChI is InChI=1S/C23H27F5N6O.C15H19F3N2O.C9H11ClF2N4.2C4H10O/c1-13-2-3-15(31-21(35)34-7-5-14(12-34)10-23(26,27)28)8-17(13)18-9-19(33-20(29)32-18)30-16-4-6-22(24,25)11-16;1-10-3-4-13(7-11(10)2)19-14(21)20-6-5-12(9-20)8-15(16,17)18;10-6-3-7(16-8(13)15-6)14-5-1-2-9(11,12)4-5;2*1-3-5-4-2/h2-3,8-9,14,16H,4-7,10-12H2,1H3,(H,31,35)(H3,29,30,32,33);3-4,7,12H,5-6,8-9H2,1-2H3,(H,19,21);3,5H,1-2,4H2,(H3,13,14,15,16);2*3-4H2,1-2H3/t14-,16?;12-;;;/m00.../s1. The Hall–Kier alpha value is -6.15. The summed E-state index contributed by atoms with van der Waals surface area (Å²) in [6.45, 7) is 17.9. The van der Waals surface area contributed by atoms with Crippen molar-refractivity contribution in [1.82, 2.24) is 29.7 Å². The van der Waals surface area contributed by atoms with Gasteiger partial charge in [0.25, 0.3) is 0 Å². The predicted molar refractivity (Wildman–Crippen MR) is 299 cm³/mol. The number of carbonyl (C=O) groups excluding carboxylic acids is 2. The van der Waals surface area contributed by atoms with Gasteiger partial charge in [-0.3, -0.25) is 0 Å². The minimum Gasteiger partial charge on any atom is -0.382 e. The maximum Gasteiger partial charge on any atom is 0.389 e. The number of urea groups is 2. The molecular weight excluding hydrogens is 1120 g/mol. The molecule has 2 saturated heterocycles. The molecule has 27 heteroatoms. The number of halogens is 11. The number of hydrogen-bond acceptors (Lipinski definition) is 12. The van der Waals surface area contributed by atoms with E-state index in [1.165, 1.54) is 15.9 Å². The zero-order valence-corrected chi connectivity index (χ0v) is 48.0. The van der Waals surface area contributed by atoms with Crippen molar-refractivity contribution in [3.63, 3.8) is 0 Å². The van der Waals surface area contributed by atoms with Gasteiger partial charge in [-0.15, -0.1) is 0 Å². The minimum atomic E-state index is -4.26. The largest absolute Gasteiger partial charge is 0.389 e. The van der Waals surface area contributed by atoms with Crippen molar-refractivity contribution in [1.29, 1.82) is 0 Å². The van der Waals surface area contributed by atoms with Crippen LogP contribution in [0.2, 0.25) is 5.15 Å². The topological polar surface area (TPSA) is 211 Å². The summed E-state index contributed by atoms with van der Waals surface area (Å²) < 4.78 is 138. The van der Waals surface area contributed by atoms with E-state index in [1.807, 2.05) is 60.6 Å². The summed E-state index contributed by atoms with van der Waals surface area (Å²) in [6.07, 6.45) is -9.47.